The van der Waals surface area contributed by atoms with E-state index in [1.54, 1.807) is 23.1 Å². The van der Waals surface area contributed by atoms with E-state index >= 15 is 0 Å². The van der Waals surface area contributed by atoms with Crippen molar-refractivity contribution >= 4 is 23.2 Å². The first-order valence-electron chi connectivity index (χ1n) is 7.68. The SMILES string of the molecule is CCN1C(=O)CCc2cc(NC(=O)c3cc(F)cc(F)c3)ccc21. The normalized spacial score (nSPS) is 13.6. The van der Waals surface area contributed by atoms with Crippen molar-refractivity contribution in [1.82, 2.24) is 0 Å². The summed E-state index contributed by atoms with van der Waals surface area (Å²) in [6, 6.07) is 7.91. The van der Waals surface area contributed by atoms with Crippen molar-refractivity contribution in [1.29, 1.82) is 0 Å². The van der Waals surface area contributed by atoms with Gasteiger partial charge in [0, 0.05) is 36.0 Å². The highest BCUT2D eigenvalue weighted by molar-refractivity contribution is 6.04. The van der Waals surface area contributed by atoms with Gasteiger partial charge in [0.15, 0.2) is 0 Å². The Balaban J connectivity index is 1.84. The Morgan fingerprint density at radius 1 is 1.12 bits per heavy atom. The molecule has 2 amide bonds. The number of benzene rings is 2. The summed E-state index contributed by atoms with van der Waals surface area (Å²) in [4.78, 5) is 25.7. The maximum atomic E-state index is 13.2. The molecule has 4 nitrogen and oxygen atoms in total. The molecule has 2 aromatic carbocycles. The second-order valence-electron chi connectivity index (χ2n) is 5.59. The summed E-state index contributed by atoms with van der Waals surface area (Å²) in [7, 11) is 0. The van der Waals surface area contributed by atoms with Crippen LogP contribution in [0.4, 0.5) is 20.2 Å². The van der Waals surface area contributed by atoms with Gasteiger partial charge in [-0.1, -0.05) is 0 Å². The van der Waals surface area contributed by atoms with Crippen LogP contribution in [0.2, 0.25) is 0 Å². The first kappa shape index (κ1) is 16.1. The lowest BCUT2D eigenvalue weighted by atomic mass is 10.0. The Labute approximate surface area is 138 Å². The predicted molar refractivity (Wildman–Crippen MR) is 87.1 cm³/mol. The fraction of sp³-hybridized carbons (Fsp3) is 0.222. The summed E-state index contributed by atoms with van der Waals surface area (Å²) < 4.78 is 26.4. The molecule has 124 valence electrons. The molecule has 0 bridgehead atoms. The average Bonchev–Trinajstić information content (AvgIpc) is 2.54. The molecular weight excluding hydrogens is 314 g/mol. The van der Waals surface area contributed by atoms with Gasteiger partial charge in [-0.25, -0.2) is 8.78 Å². The van der Waals surface area contributed by atoms with Gasteiger partial charge in [-0.2, -0.15) is 0 Å². The Morgan fingerprint density at radius 3 is 2.50 bits per heavy atom. The molecule has 1 heterocycles. The molecule has 0 saturated carbocycles. The van der Waals surface area contributed by atoms with Gasteiger partial charge in [0.2, 0.25) is 5.91 Å². The summed E-state index contributed by atoms with van der Waals surface area (Å²) >= 11 is 0. The van der Waals surface area contributed by atoms with Gasteiger partial charge >= 0.3 is 0 Å². The standard InChI is InChI=1S/C18H16F2N2O2/c1-2-22-16-5-4-15(9-11(16)3-6-17(22)23)21-18(24)12-7-13(19)10-14(20)8-12/h4-5,7-10H,2-3,6H2,1H3,(H,21,24). The van der Waals surface area contributed by atoms with Gasteiger partial charge in [-0.3, -0.25) is 9.59 Å². The van der Waals surface area contributed by atoms with Gasteiger partial charge in [0.1, 0.15) is 11.6 Å². The topological polar surface area (TPSA) is 49.4 Å². The van der Waals surface area contributed by atoms with Crippen LogP contribution in [0.15, 0.2) is 36.4 Å². The van der Waals surface area contributed by atoms with E-state index in [1.165, 1.54) is 0 Å². The Kier molecular flexibility index (Phi) is 4.29. The molecule has 2 aromatic rings. The molecule has 3 rings (SSSR count). The number of rotatable bonds is 3. The molecule has 0 aromatic heterocycles. The van der Waals surface area contributed by atoms with Crippen molar-refractivity contribution < 1.29 is 18.4 Å². The molecule has 1 N–H and O–H groups in total. The molecule has 6 heteroatoms. The van der Waals surface area contributed by atoms with Gasteiger partial charge in [0.25, 0.3) is 5.91 Å². The van der Waals surface area contributed by atoms with E-state index in [0.29, 0.717) is 31.1 Å². The van der Waals surface area contributed by atoms with Crippen LogP contribution in [0, 0.1) is 11.6 Å². The minimum atomic E-state index is -0.803. The number of nitrogens with one attached hydrogen (secondary N) is 1. The number of anilines is 2. The van der Waals surface area contributed by atoms with E-state index in [1.807, 2.05) is 6.92 Å². The fourth-order valence-corrected chi connectivity index (χ4v) is 2.87. The first-order chi connectivity index (χ1) is 11.5. The molecule has 0 saturated heterocycles. The number of carbonyl (C=O) groups is 2. The third kappa shape index (κ3) is 3.13. The molecule has 1 aliphatic heterocycles. The Bertz CT molecular complexity index is 800. The zero-order chi connectivity index (χ0) is 17.3. The van der Waals surface area contributed by atoms with Gasteiger partial charge in [-0.15, -0.1) is 0 Å². The number of halogens is 2. The van der Waals surface area contributed by atoms with Crippen molar-refractivity contribution in [3.63, 3.8) is 0 Å². The minimum Gasteiger partial charge on any atom is -0.322 e. The zero-order valence-corrected chi connectivity index (χ0v) is 13.1. The third-order valence-electron chi connectivity index (χ3n) is 3.98. The van der Waals surface area contributed by atoms with Crippen molar-refractivity contribution in [3.8, 4) is 0 Å². The molecule has 24 heavy (non-hydrogen) atoms. The zero-order valence-electron chi connectivity index (χ0n) is 13.1. The van der Waals surface area contributed by atoms with Gasteiger partial charge in [-0.05, 0) is 49.2 Å². The van der Waals surface area contributed by atoms with E-state index in [4.69, 9.17) is 0 Å². The molecule has 1 aliphatic rings. The molecule has 0 fully saturated rings. The predicted octanol–water partition coefficient (Wildman–Crippen LogP) is 3.52. The van der Waals surface area contributed by atoms with Crippen LogP contribution in [-0.4, -0.2) is 18.4 Å². The molecule has 0 aliphatic carbocycles. The monoisotopic (exact) mass is 330 g/mol. The van der Waals surface area contributed by atoms with E-state index in [9.17, 15) is 18.4 Å². The van der Waals surface area contributed by atoms with Gasteiger partial charge < -0.3 is 10.2 Å². The lowest BCUT2D eigenvalue weighted by Crippen LogP contribution is -2.34. The van der Waals surface area contributed by atoms with E-state index in [-0.39, 0.29) is 11.5 Å². The lowest BCUT2D eigenvalue weighted by Gasteiger charge is -2.28. The van der Waals surface area contributed by atoms with E-state index in [2.05, 4.69) is 5.32 Å². The number of nitrogens with zero attached hydrogens (tertiary/aromatic N) is 1. The number of hydrogen-bond donors (Lipinski definition) is 1. The molecule has 0 unspecified atom stereocenters. The van der Waals surface area contributed by atoms with Crippen LogP contribution < -0.4 is 10.2 Å². The largest absolute Gasteiger partial charge is 0.322 e. The maximum absolute atomic E-state index is 13.2. The van der Waals surface area contributed by atoms with Crippen LogP contribution in [0.3, 0.4) is 0 Å². The van der Waals surface area contributed by atoms with Crippen molar-refractivity contribution in [2.24, 2.45) is 0 Å². The van der Waals surface area contributed by atoms with Crippen LogP contribution in [0.1, 0.15) is 29.3 Å². The minimum absolute atomic E-state index is 0.0806. The number of carbonyl (C=O) groups excluding carboxylic acids is 2. The first-order valence-corrected chi connectivity index (χ1v) is 7.68. The van der Waals surface area contributed by atoms with Crippen LogP contribution in [0.25, 0.3) is 0 Å². The second kappa shape index (κ2) is 6.39. The van der Waals surface area contributed by atoms with E-state index in [0.717, 1.165) is 23.4 Å². The molecule has 0 spiro atoms. The van der Waals surface area contributed by atoms with Crippen LogP contribution >= 0.6 is 0 Å². The van der Waals surface area contributed by atoms with Gasteiger partial charge in [0.05, 0.1) is 0 Å². The van der Waals surface area contributed by atoms with Crippen molar-refractivity contribution in [2.75, 3.05) is 16.8 Å². The van der Waals surface area contributed by atoms with Crippen LogP contribution in [0.5, 0.6) is 0 Å². The maximum Gasteiger partial charge on any atom is 0.255 e. The summed E-state index contributed by atoms with van der Waals surface area (Å²) in [6.45, 7) is 2.49. The van der Waals surface area contributed by atoms with Crippen molar-refractivity contribution in [2.45, 2.75) is 19.8 Å². The number of fused-ring (bicyclic) bond motifs is 1. The number of amides is 2. The molecule has 0 radical (unpaired) electrons. The van der Waals surface area contributed by atoms with Crippen molar-refractivity contribution in [3.05, 3.63) is 59.2 Å². The summed E-state index contributed by atoms with van der Waals surface area (Å²) in [5.74, 6) is -2.12. The summed E-state index contributed by atoms with van der Waals surface area (Å²) in [6.07, 6.45) is 1.02. The third-order valence-corrected chi connectivity index (χ3v) is 3.98. The van der Waals surface area contributed by atoms with Crippen LogP contribution in [-0.2, 0) is 11.2 Å². The highest BCUT2D eigenvalue weighted by Crippen LogP contribution is 2.30. The number of hydrogen-bond acceptors (Lipinski definition) is 2. The second-order valence-corrected chi connectivity index (χ2v) is 5.59. The summed E-state index contributed by atoms with van der Waals surface area (Å²) in [5.41, 5.74) is 2.23. The fourth-order valence-electron chi connectivity index (χ4n) is 2.87. The highest BCUT2D eigenvalue weighted by Gasteiger charge is 2.23. The molecule has 0 atom stereocenters. The average molecular weight is 330 g/mol. The van der Waals surface area contributed by atoms with E-state index < -0.39 is 17.5 Å². The highest BCUT2D eigenvalue weighted by atomic mass is 19.1. The smallest absolute Gasteiger partial charge is 0.255 e. The summed E-state index contributed by atoms with van der Waals surface area (Å²) in [5, 5.41) is 2.63. The quantitative estimate of drug-likeness (QED) is 0.936. The lowest BCUT2D eigenvalue weighted by molar-refractivity contribution is -0.118. The number of aryl methyl sites for hydroxylation is 1. The Hall–Kier alpha value is -2.76. The molecular formula is C18H16F2N2O2. The Morgan fingerprint density at radius 2 is 1.83 bits per heavy atom.